The largest absolute Gasteiger partial charge is 0.494 e. The Hall–Kier alpha value is -4.70. The van der Waals surface area contributed by atoms with Crippen molar-refractivity contribution < 1.29 is 23.4 Å². The van der Waals surface area contributed by atoms with Crippen LogP contribution in [0.25, 0.3) is 11.0 Å². The van der Waals surface area contributed by atoms with Gasteiger partial charge in [-0.25, -0.2) is 4.79 Å². The first kappa shape index (κ1) is 26.9. The van der Waals surface area contributed by atoms with Crippen molar-refractivity contribution >= 4 is 16.9 Å². The Morgan fingerprint density at radius 2 is 1.90 bits per heavy atom. The summed E-state index contributed by atoms with van der Waals surface area (Å²) in [6.07, 6.45) is 4.09. The molecular weight excluding hydrogens is 504 g/mol. The summed E-state index contributed by atoms with van der Waals surface area (Å²) in [6.45, 7) is 6.70. The quantitative estimate of drug-likeness (QED) is 0.136. The normalized spacial score (nSPS) is 14.4. The number of hydrogen-bond donors (Lipinski definition) is 1. The topological polar surface area (TPSA) is 108 Å². The summed E-state index contributed by atoms with van der Waals surface area (Å²) in [6, 6.07) is 20.9. The average molecular weight is 537 g/mol. The third kappa shape index (κ3) is 5.26. The molecule has 0 radical (unpaired) electrons. The SMILES string of the molecule is CCCCCOc1cccc(C2C(C#N)=C(N)Oc3cc(OC(=O)c4oc5ccc(CC)cc5c4C)ccc32)c1. The highest BCUT2D eigenvalue weighted by Gasteiger charge is 2.31. The number of ether oxygens (including phenoxy) is 3. The van der Waals surface area contributed by atoms with Crippen LogP contribution in [-0.2, 0) is 6.42 Å². The Bertz CT molecular complexity index is 1640. The number of benzene rings is 3. The highest BCUT2D eigenvalue weighted by atomic mass is 16.5. The molecule has 1 aromatic heterocycles. The predicted molar refractivity (Wildman–Crippen MR) is 152 cm³/mol. The van der Waals surface area contributed by atoms with E-state index in [1.165, 1.54) is 0 Å². The fraction of sp³-hybridized carbons (Fsp3) is 0.273. The van der Waals surface area contributed by atoms with Gasteiger partial charge in [0.1, 0.15) is 34.5 Å². The van der Waals surface area contributed by atoms with Crippen LogP contribution in [-0.4, -0.2) is 12.6 Å². The second kappa shape index (κ2) is 11.6. The second-order valence-electron chi connectivity index (χ2n) is 9.88. The van der Waals surface area contributed by atoms with Crippen LogP contribution in [0.15, 0.2) is 76.5 Å². The van der Waals surface area contributed by atoms with Gasteiger partial charge in [-0.15, -0.1) is 0 Å². The fourth-order valence-corrected chi connectivity index (χ4v) is 5.00. The van der Waals surface area contributed by atoms with Gasteiger partial charge < -0.3 is 24.4 Å². The molecule has 5 rings (SSSR count). The Morgan fingerprint density at radius 1 is 1.05 bits per heavy atom. The van der Waals surface area contributed by atoms with E-state index >= 15 is 0 Å². The predicted octanol–water partition coefficient (Wildman–Crippen LogP) is 7.31. The monoisotopic (exact) mass is 536 g/mol. The van der Waals surface area contributed by atoms with Gasteiger partial charge in [0.15, 0.2) is 0 Å². The summed E-state index contributed by atoms with van der Waals surface area (Å²) in [5.74, 6) is 0.527. The summed E-state index contributed by atoms with van der Waals surface area (Å²) < 4.78 is 23.3. The molecule has 2 heterocycles. The van der Waals surface area contributed by atoms with Gasteiger partial charge in [-0.3, -0.25) is 0 Å². The molecular formula is C33H32N2O5. The lowest BCUT2D eigenvalue weighted by Crippen LogP contribution is -2.21. The van der Waals surface area contributed by atoms with Gasteiger partial charge in [0.2, 0.25) is 11.6 Å². The van der Waals surface area contributed by atoms with Gasteiger partial charge >= 0.3 is 5.97 Å². The van der Waals surface area contributed by atoms with Gasteiger partial charge in [-0.2, -0.15) is 5.26 Å². The van der Waals surface area contributed by atoms with Crippen LogP contribution in [0, 0.1) is 18.3 Å². The van der Waals surface area contributed by atoms with E-state index in [9.17, 15) is 10.1 Å². The number of carbonyl (C=O) groups is 1. The van der Waals surface area contributed by atoms with Crippen molar-refractivity contribution in [2.45, 2.75) is 52.4 Å². The number of unbranched alkanes of at least 4 members (excludes halogenated alkanes) is 2. The molecule has 1 unspecified atom stereocenters. The summed E-state index contributed by atoms with van der Waals surface area (Å²) in [4.78, 5) is 13.1. The van der Waals surface area contributed by atoms with Crippen LogP contribution in [0.5, 0.6) is 17.2 Å². The van der Waals surface area contributed by atoms with Crippen molar-refractivity contribution in [1.29, 1.82) is 5.26 Å². The summed E-state index contributed by atoms with van der Waals surface area (Å²) in [7, 11) is 0. The highest BCUT2D eigenvalue weighted by molar-refractivity contribution is 5.97. The molecule has 2 N–H and O–H groups in total. The molecule has 7 heteroatoms. The molecule has 0 fully saturated rings. The van der Waals surface area contributed by atoms with Crippen LogP contribution < -0.4 is 19.9 Å². The molecule has 204 valence electrons. The first-order valence-corrected chi connectivity index (χ1v) is 13.6. The molecule has 4 aromatic rings. The van der Waals surface area contributed by atoms with Gasteiger partial charge in [0.05, 0.1) is 12.5 Å². The third-order valence-corrected chi connectivity index (χ3v) is 7.20. The Labute approximate surface area is 233 Å². The van der Waals surface area contributed by atoms with Gasteiger partial charge in [0.25, 0.3) is 0 Å². The zero-order chi connectivity index (χ0) is 28.2. The standard InChI is InChI=1S/C33H32N2O5/c1-4-6-7-15-37-23-10-8-9-22(17-23)30-25-13-12-24(18-29(25)40-32(35)27(30)19-34)38-33(36)31-20(3)26-16-21(5-2)11-14-28(26)39-31/h8-14,16-18,30H,4-7,15,35H2,1-3H3. The number of nitriles is 1. The molecule has 40 heavy (non-hydrogen) atoms. The number of nitrogens with two attached hydrogens (primary N) is 1. The van der Waals surface area contributed by atoms with E-state index in [0.717, 1.165) is 59.1 Å². The van der Waals surface area contributed by atoms with Crippen molar-refractivity contribution in [3.05, 3.63) is 100 Å². The van der Waals surface area contributed by atoms with Crippen molar-refractivity contribution in [2.24, 2.45) is 5.73 Å². The number of aryl methyl sites for hydroxylation is 2. The molecule has 3 aromatic carbocycles. The average Bonchev–Trinajstić information content (AvgIpc) is 3.30. The Balaban J connectivity index is 1.42. The van der Waals surface area contributed by atoms with Crippen LogP contribution in [0.4, 0.5) is 0 Å². The zero-order valence-corrected chi connectivity index (χ0v) is 23.0. The molecule has 0 saturated heterocycles. The van der Waals surface area contributed by atoms with Crippen molar-refractivity contribution in [2.75, 3.05) is 6.61 Å². The fourth-order valence-electron chi connectivity index (χ4n) is 5.00. The van der Waals surface area contributed by atoms with E-state index in [4.69, 9.17) is 24.4 Å². The first-order valence-electron chi connectivity index (χ1n) is 13.6. The minimum atomic E-state index is -0.604. The van der Waals surface area contributed by atoms with Gasteiger partial charge in [-0.1, -0.05) is 51.0 Å². The van der Waals surface area contributed by atoms with Gasteiger partial charge in [-0.05, 0) is 61.2 Å². The Kier molecular flexibility index (Phi) is 7.79. The minimum absolute atomic E-state index is 0.0117. The van der Waals surface area contributed by atoms with E-state index in [-0.39, 0.29) is 17.4 Å². The lowest BCUT2D eigenvalue weighted by molar-refractivity contribution is 0.0702. The summed E-state index contributed by atoms with van der Waals surface area (Å²) in [5.41, 5.74) is 10.6. The molecule has 7 nitrogen and oxygen atoms in total. The Morgan fingerprint density at radius 3 is 2.67 bits per heavy atom. The number of nitrogens with zero attached hydrogens (tertiary/aromatic N) is 1. The first-order chi connectivity index (χ1) is 19.4. The number of esters is 1. The van der Waals surface area contributed by atoms with E-state index in [0.29, 0.717) is 23.5 Å². The number of furan rings is 1. The van der Waals surface area contributed by atoms with E-state index in [1.54, 1.807) is 18.2 Å². The molecule has 0 saturated carbocycles. The van der Waals surface area contributed by atoms with Crippen LogP contribution in [0.1, 0.15) is 71.8 Å². The number of fused-ring (bicyclic) bond motifs is 2. The molecule has 0 amide bonds. The second-order valence-corrected chi connectivity index (χ2v) is 9.88. The maximum absolute atomic E-state index is 13.1. The van der Waals surface area contributed by atoms with Crippen LogP contribution in [0.2, 0.25) is 0 Å². The van der Waals surface area contributed by atoms with Gasteiger partial charge in [0, 0.05) is 22.6 Å². The molecule has 1 aliphatic heterocycles. The van der Waals surface area contributed by atoms with Crippen LogP contribution in [0.3, 0.4) is 0 Å². The maximum Gasteiger partial charge on any atom is 0.379 e. The maximum atomic E-state index is 13.1. The molecule has 0 aliphatic carbocycles. The van der Waals surface area contributed by atoms with Crippen molar-refractivity contribution in [1.82, 2.24) is 0 Å². The summed E-state index contributed by atoms with van der Waals surface area (Å²) >= 11 is 0. The number of hydrogen-bond acceptors (Lipinski definition) is 7. The number of allylic oxidation sites excluding steroid dienone is 1. The molecule has 1 atom stereocenters. The van der Waals surface area contributed by atoms with E-state index < -0.39 is 11.9 Å². The molecule has 0 spiro atoms. The lowest BCUT2D eigenvalue weighted by Gasteiger charge is -2.27. The molecule has 0 bridgehead atoms. The van der Waals surface area contributed by atoms with Crippen LogP contribution >= 0.6 is 0 Å². The third-order valence-electron chi connectivity index (χ3n) is 7.20. The smallest absolute Gasteiger partial charge is 0.379 e. The zero-order valence-electron chi connectivity index (χ0n) is 23.0. The number of rotatable bonds is 9. The minimum Gasteiger partial charge on any atom is -0.494 e. The van der Waals surface area contributed by atoms with E-state index in [2.05, 4.69) is 19.9 Å². The lowest BCUT2D eigenvalue weighted by atomic mass is 9.83. The van der Waals surface area contributed by atoms with Crippen molar-refractivity contribution in [3.63, 3.8) is 0 Å². The highest BCUT2D eigenvalue weighted by Crippen LogP contribution is 2.44. The van der Waals surface area contributed by atoms with Crippen molar-refractivity contribution in [3.8, 4) is 23.3 Å². The number of carbonyl (C=O) groups excluding carboxylic acids is 1. The van der Waals surface area contributed by atoms with E-state index in [1.807, 2.05) is 49.4 Å². The summed E-state index contributed by atoms with van der Waals surface area (Å²) in [5, 5.41) is 10.8. The molecule has 1 aliphatic rings.